The van der Waals surface area contributed by atoms with Crippen molar-refractivity contribution >= 4 is 22.9 Å². The summed E-state index contributed by atoms with van der Waals surface area (Å²) >= 11 is 3.00. The fourth-order valence-electron chi connectivity index (χ4n) is 1.52. The van der Waals surface area contributed by atoms with Crippen molar-refractivity contribution in [1.29, 1.82) is 0 Å². The van der Waals surface area contributed by atoms with Crippen LogP contribution in [-0.4, -0.2) is 26.3 Å². The lowest BCUT2D eigenvalue weighted by Gasteiger charge is -2.15. The zero-order chi connectivity index (χ0) is 13.2. The van der Waals surface area contributed by atoms with Crippen LogP contribution in [-0.2, 0) is 11.8 Å². The van der Waals surface area contributed by atoms with Gasteiger partial charge in [0.05, 0.1) is 5.69 Å². The first kappa shape index (κ1) is 13.5. The lowest BCUT2D eigenvalue weighted by molar-refractivity contribution is 0.568. The third-order valence-electron chi connectivity index (χ3n) is 2.45. The Hall–Kier alpha value is -0.920. The molecule has 0 saturated heterocycles. The van der Waals surface area contributed by atoms with E-state index in [1.807, 2.05) is 0 Å². The molecule has 2 aromatic rings. The van der Waals surface area contributed by atoms with Crippen LogP contribution in [0.15, 0.2) is 0 Å². The third kappa shape index (κ3) is 2.90. The van der Waals surface area contributed by atoms with E-state index in [4.69, 9.17) is 5.73 Å². The minimum absolute atomic E-state index is 0.0224. The zero-order valence-electron chi connectivity index (χ0n) is 10.8. The van der Waals surface area contributed by atoms with E-state index in [9.17, 15) is 0 Å². The van der Waals surface area contributed by atoms with Gasteiger partial charge in [0.1, 0.15) is 9.88 Å². The van der Waals surface area contributed by atoms with Gasteiger partial charge < -0.3 is 5.73 Å². The van der Waals surface area contributed by atoms with Crippen molar-refractivity contribution in [3.8, 4) is 9.88 Å². The van der Waals surface area contributed by atoms with Crippen molar-refractivity contribution in [2.75, 3.05) is 6.54 Å². The van der Waals surface area contributed by atoms with Gasteiger partial charge in [-0.15, -0.1) is 15.3 Å². The second-order valence-corrected chi connectivity index (χ2v) is 6.91. The molecule has 0 bridgehead atoms. The zero-order valence-corrected chi connectivity index (χ0v) is 12.4. The smallest absolute Gasteiger partial charge is 0.161 e. The van der Waals surface area contributed by atoms with E-state index >= 15 is 0 Å². The van der Waals surface area contributed by atoms with Crippen molar-refractivity contribution in [2.24, 2.45) is 5.73 Å². The Kier molecular flexibility index (Phi) is 4.04. The van der Waals surface area contributed by atoms with Crippen LogP contribution < -0.4 is 5.73 Å². The molecule has 0 aromatic carbocycles. The summed E-state index contributed by atoms with van der Waals surface area (Å²) in [6.45, 7) is 7.07. The van der Waals surface area contributed by atoms with E-state index in [2.05, 4.69) is 40.6 Å². The van der Waals surface area contributed by atoms with Gasteiger partial charge in [-0.1, -0.05) is 36.6 Å². The van der Waals surface area contributed by atoms with Gasteiger partial charge in [-0.3, -0.25) is 0 Å². The van der Waals surface area contributed by atoms with Crippen molar-refractivity contribution in [3.05, 3.63) is 10.7 Å². The Balaban J connectivity index is 2.27. The summed E-state index contributed by atoms with van der Waals surface area (Å²) in [5, 5.41) is 14.6. The van der Waals surface area contributed by atoms with Gasteiger partial charge >= 0.3 is 0 Å². The molecule has 2 N–H and O–H groups in total. The molecule has 0 amide bonds. The molecular formula is C11H17N5S2. The Morgan fingerprint density at radius 2 is 1.94 bits per heavy atom. The van der Waals surface area contributed by atoms with E-state index < -0.39 is 0 Å². The minimum atomic E-state index is -0.0224. The summed E-state index contributed by atoms with van der Waals surface area (Å²) in [4.78, 5) is 1.04. The van der Waals surface area contributed by atoms with Crippen molar-refractivity contribution < 1.29 is 0 Å². The van der Waals surface area contributed by atoms with E-state index in [-0.39, 0.29) is 5.41 Å². The topological polar surface area (TPSA) is 77.6 Å². The second-order valence-electron chi connectivity index (χ2n) is 5.09. The molecule has 2 heterocycles. The normalized spacial score (nSPS) is 12.0. The van der Waals surface area contributed by atoms with Gasteiger partial charge in [0.25, 0.3) is 0 Å². The van der Waals surface area contributed by atoms with Gasteiger partial charge in [-0.2, -0.15) is 0 Å². The van der Waals surface area contributed by atoms with Crippen LogP contribution >= 0.6 is 22.9 Å². The van der Waals surface area contributed by atoms with Gasteiger partial charge in [-0.25, -0.2) is 0 Å². The van der Waals surface area contributed by atoms with Crippen LogP contribution in [0.4, 0.5) is 0 Å². The molecule has 7 heteroatoms. The van der Waals surface area contributed by atoms with E-state index in [1.54, 1.807) is 11.3 Å². The van der Waals surface area contributed by atoms with Crippen LogP contribution in [0.2, 0.25) is 0 Å². The number of hydrogen-bond acceptors (Lipinski definition) is 7. The summed E-state index contributed by atoms with van der Waals surface area (Å²) in [6.07, 6.45) is 1.84. The van der Waals surface area contributed by atoms with Crippen LogP contribution in [0.3, 0.4) is 0 Å². The summed E-state index contributed by atoms with van der Waals surface area (Å²) in [5.41, 5.74) is 6.47. The van der Waals surface area contributed by atoms with E-state index in [0.29, 0.717) is 6.54 Å². The molecular weight excluding hydrogens is 266 g/mol. The molecule has 0 atom stereocenters. The van der Waals surface area contributed by atoms with Crippen LogP contribution in [0.25, 0.3) is 9.88 Å². The van der Waals surface area contributed by atoms with Gasteiger partial charge in [0, 0.05) is 11.8 Å². The number of hydrogen-bond donors (Lipinski definition) is 1. The van der Waals surface area contributed by atoms with E-state index in [1.165, 1.54) is 11.5 Å². The number of aromatic nitrogens is 4. The highest BCUT2D eigenvalue weighted by molar-refractivity contribution is 7.19. The molecule has 5 nitrogen and oxygen atoms in total. The molecule has 0 aliphatic carbocycles. The first-order chi connectivity index (χ1) is 8.52. The standard InChI is InChI=1S/C11H17N5S2/c1-11(2,3)9-8(18-16-14-9)10-15-13-7(17-10)5-4-6-12/h4-6,12H2,1-3H3. The number of aryl methyl sites for hydroxylation is 1. The number of rotatable bonds is 4. The summed E-state index contributed by atoms with van der Waals surface area (Å²) in [6, 6.07) is 0. The van der Waals surface area contributed by atoms with E-state index in [0.717, 1.165) is 33.4 Å². The quantitative estimate of drug-likeness (QED) is 0.931. The summed E-state index contributed by atoms with van der Waals surface area (Å²) in [5.74, 6) is 0. The molecule has 0 radical (unpaired) electrons. The third-order valence-corrected chi connectivity index (χ3v) is 4.32. The minimum Gasteiger partial charge on any atom is -0.330 e. The van der Waals surface area contributed by atoms with Gasteiger partial charge in [-0.05, 0) is 24.5 Å². The molecule has 0 aliphatic heterocycles. The van der Waals surface area contributed by atoms with Crippen molar-refractivity contribution in [2.45, 2.75) is 39.0 Å². The first-order valence-corrected chi connectivity index (χ1v) is 7.47. The average Bonchev–Trinajstić information content (AvgIpc) is 2.93. The fraction of sp³-hybridized carbons (Fsp3) is 0.636. The van der Waals surface area contributed by atoms with Gasteiger partial charge in [0.2, 0.25) is 0 Å². The Labute approximate surface area is 115 Å². The maximum absolute atomic E-state index is 5.50. The highest BCUT2D eigenvalue weighted by Gasteiger charge is 2.25. The van der Waals surface area contributed by atoms with Crippen LogP contribution in [0.5, 0.6) is 0 Å². The average molecular weight is 283 g/mol. The van der Waals surface area contributed by atoms with Crippen molar-refractivity contribution in [1.82, 2.24) is 19.8 Å². The highest BCUT2D eigenvalue weighted by Crippen LogP contribution is 2.35. The molecule has 98 valence electrons. The molecule has 0 aliphatic rings. The summed E-state index contributed by atoms with van der Waals surface area (Å²) < 4.78 is 4.05. The fourth-order valence-corrected chi connectivity index (χ4v) is 3.34. The second kappa shape index (κ2) is 5.38. The lowest BCUT2D eigenvalue weighted by Crippen LogP contribution is -2.12. The van der Waals surface area contributed by atoms with Crippen LogP contribution in [0.1, 0.15) is 37.9 Å². The molecule has 0 spiro atoms. The molecule has 2 rings (SSSR count). The predicted octanol–water partition coefficient (Wildman–Crippen LogP) is 2.25. The first-order valence-electron chi connectivity index (χ1n) is 5.88. The summed E-state index contributed by atoms with van der Waals surface area (Å²) in [7, 11) is 0. The Morgan fingerprint density at radius 3 is 2.61 bits per heavy atom. The Bertz CT molecular complexity index is 511. The molecule has 0 fully saturated rings. The highest BCUT2D eigenvalue weighted by atomic mass is 32.1. The van der Waals surface area contributed by atoms with Crippen molar-refractivity contribution in [3.63, 3.8) is 0 Å². The predicted molar refractivity (Wildman–Crippen MR) is 74.9 cm³/mol. The maximum Gasteiger partial charge on any atom is 0.161 e. The number of nitrogens with zero attached hydrogens (tertiary/aromatic N) is 4. The largest absolute Gasteiger partial charge is 0.330 e. The monoisotopic (exact) mass is 283 g/mol. The molecule has 2 aromatic heterocycles. The van der Waals surface area contributed by atoms with Gasteiger partial charge in [0.15, 0.2) is 5.01 Å². The number of nitrogens with two attached hydrogens (primary N) is 1. The lowest BCUT2D eigenvalue weighted by atomic mass is 9.91. The van der Waals surface area contributed by atoms with Crippen LogP contribution in [0, 0.1) is 0 Å². The molecule has 0 unspecified atom stereocenters. The molecule has 0 saturated carbocycles. The SMILES string of the molecule is CC(C)(C)c1nnsc1-c1nnc(CCCN)s1. The maximum atomic E-state index is 5.50. The molecule has 18 heavy (non-hydrogen) atoms. The Morgan fingerprint density at radius 1 is 1.17 bits per heavy atom.